The van der Waals surface area contributed by atoms with Crippen molar-refractivity contribution < 1.29 is 42.5 Å². The second-order valence-electron chi connectivity index (χ2n) is 17.1. The first-order valence-corrected chi connectivity index (χ1v) is 24.8. The van der Waals surface area contributed by atoms with Gasteiger partial charge in [-0.25, -0.2) is 14.2 Å². The van der Waals surface area contributed by atoms with Crippen molar-refractivity contribution in [3.05, 3.63) is 119 Å². The molecule has 3 aromatic rings. The van der Waals surface area contributed by atoms with Gasteiger partial charge in [0.2, 0.25) is 14.2 Å². The lowest BCUT2D eigenvalue weighted by Gasteiger charge is -2.36. The molecule has 5 rings (SSSR count). The molecule has 338 valence electrons. The second-order valence-corrected chi connectivity index (χ2v) is 21.9. The Morgan fingerprint density at radius 2 is 1.54 bits per heavy atom. The quantitative estimate of drug-likeness (QED) is 0.0433. The fourth-order valence-electron chi connectivity index (χ4n) is 6.59. The van der Waals surface area contributed by atoms with Crippen molar-refractivity contribution in [2.24, 2.45) is 4.99 Å². The van der Waals surface area contributed by atoms with E-state index in [-0.39, 0.29) is 42.2 Å². The lowest BCUT2D eigenvalue weighted by atomic mass is 10.0. The van der Waals surface area contributed by atoms with Crippen LogP contribution >= 0.6 is 0 Å². The van der Waals surface area contributed by atoms with E-state index in [2.05, 4.69) is 44.5 Å². The molecule has 0 fully saturated rings. The number of ether oxygens (including phenoxy) is 3. The third-order valence-electron chi connectivity index (χ3n) is 11.2. The first-order valence-electron chi connectivity index (χ1n) is 21.9. The van der Waals surface area contributed by atoms with E-state index in [0.717, 1.165) is 61.1 Å². The number of carbonyl (C=O) groups excluding carboxylic acids is 2. The summed E-state index contributed by atoms with van der Waals surface area (Å²) < 4.78 is 38.1. The molecule has 0 aliphatic carbocycles. The van der Waals surface area contributed by atoms with Crippen LogP contribution in [0, 0.1) is 5.82 Å². The Hall–Kier alpha value is -5.57. The van der Waals surface area contributed by atoms with Crippen LogP contribution in [-0.4, -0.2) is 88.1 Å². The van der Waals surface area contributed by atoms with Gasteiger partial charge in [-0.1, -0.05) is 82.9 Å². The minimum Gasteiger partial charge on any atom is -0.544 e. The van der Waals surface area contributed by atoms with Crippen LogP contribution in [0.5, 0.6) is 11.5 Å². The van der Waals surface area contributed by atoms with Gasteiger partial charge in [0.15, 0.2) is 11.6 Å². The molecular weight excluding hydrogens is 820 g/mol. The molecule has 2 aliphatic heterocycles. The standard InChI is InChI=1S/C49H63FN4O8Si/c1-49(2,3)63(4,5)62-40-20-18-38(19-21-40)43-35-54-44(42(53-43)33-36-15-11-10-12-16-36)34-39(47(54)56)31-37-17-22-45(41(50)32-37)61-26-14-9-7-6-8-13-24-51-46(55)23-27-59-29-30-60-28-25-52-48(57)58/h10-12,15-22,31-32,34-35,52H,6-9,13-14,23-30,33H2,1-5H3,(H,51,55)(H,57,58)/b39-31+. The summed E-state index contributed by atoms with van der Waals surface area (Å²) in [5, 5.41) is 13.7. The predicted molar refractivity (Wildman–Crippen MR) is 248 cm³/mol. The van der Waals surface area contributed by atoms with Crippen molar-refractivity contribution in [2.75, 3.05) is 46.1 Å². The molecule has 2 heterocycles. The SMILES string of the molecule is CC(C)(C)[Si](C)(C)Oc1ccc(C2=CN3C(=O)/C(=C/c4ccc(OCCCCCCCCNC(=O)CCOCCOCCNC(=O)O)c(F)c4)C=C3C(Cc3ccccc3)=N2)cc1. The summed E-state index contributed by atoms with van der Waals surface area (Å²) in [5.74, 6) is 0.240. The van der Waals surface area contributed by atoms with Crippen LogP contribution in [0.15, 0.2) is 101 Å². The minimum absolute atomic E-state index is 0.0590. The Balaban J connectivity index is 1.05. The number of rotatable bonds is 25. The van der Waals surface area contributed by atoms with Crippen LogP contribution in [0.1, 0.15) is 82.4 Å². The zero-order valence-electron chi connectivity index (χ0n) is 37.3. The average molecular weight is 883 g/mol. The number of fused-ring (bicyclic) bond motifs is 1. The summed E-state index contributed by atoms with van der Waals surface area (Å²) in [5.41, 5.74) is 5.07. The van der Waals surface area contributed by atoms with Crippen molar-refractivity contribution in [1.82, 2.24) is 15.5 Å². The van der Waals surface area contributed by atoms with E-state index in [1.165, 1.54) is 6.07 Å². The molecule has 3 N–H and O–H groups in total. The van der Waals surface area contributed by atoms with Crippen LogP contribution in [-0.2, 0) is 25.5 Å². The third-order valence-corrected chi connectivity index (χ3v) is 15.5. The highest BCUT2D eigenvalue weighted by Crippen LogP contribution is 2.38. The molecule has 0 radical (unpaired) electrons. The summed E-state index contributed by atoms with van der Waals surface area (Å²) in [6, 6.07) is 22.7. The summed E-state index contributed by atoms with van der Waals surface area (Å²) in [7, 11) is -2.02. The highest BCUT2D eigenvalue weighted by atomic mass is 28.4. The average Bonchev–Trinajstić information content (AvgIpc) is 3.55. The number of carboxylic acid groups (broad SMARTS) is 1. The van der Waals surface area contributed by atoms with Gasteiger partial charge in [-0.2, -0.15) is 0 Å². The van der Waals surface area contributed by atoms with Gasteiger partial charge < -0.3 is 34.4 Å². The number of nitrogens with one attached hydrogen (secondary N) is 2. The molecule has 3 amide bonds. The number of unbranched alkanes of at least 4 members (excludes halogenated alkanes) is 5. The van der Waals surface area contributed by atoms with Crippen molar-refractivity contribution in [2.45, 2.75) is 90.3 Å². The van der Waals surface area contributed by atoms with Gasteiger partial charge in [0, 0.05) is 43.3 Å². The first kappa shape index (κ1) is 48.5. The lowest BCUT2D eigenvalue weighted by Crippen LogP contribution is -2.43. The number of benzene rings is 3. The molecule has 14 heteroatoms. The molecule has 0 atom stereocenters. The minimum atomic E-state index is -2.02. The molecule has 3 aromatic carbocycles. The van der Waals surface area contributed by atoms with Crippen molar-refractivity contribution in [3.8, 4) is 11.5 Å². The molecular formula is C49H63FN4O8Si. The van der Waals surface area contributed by atoms with Gasteiger partial charge >= 0.3 is 6.09 Å². The number of halogens is 1. The Labute approximate surface area is 372 Å². The zero-order chi connectivity index (χ0) is 45.2. The Bertz CT molecular complexity index is 2130. The number of amides is 3. The number of nitrogens with zero attached hydrogens (tertiary/aromatic N) is 2. The summed E-state index contributed by atoms with van der Waals surface area (Å²) in [4.78, 5) is 43.0. The van der Waals surface area contributed by atoms with Crippen LogP contribution < -0.4 is 19.8 Å². The van der Waals surface area contributed by atoms with E-state index in [1.807, 2.05) is 60.7 Å². The third kappa shape index (κ3) is 15.3. The van der Waals surface area contributed by atoms with Crippen LogP contribution in [0.2, 0.25) is 18.1 Å². The van der Waals surface area contributed by atoms with Crippen LogP contribution in [0.4, 0.5) is 9.18 Å². The molecule has 0 unspecified atom stereocenters. The van der Waals surface area contributed by atoms with Crippen molar-refractivity contribution in [1.29, 1.82) is 0 Å². The number of hydrogen-bond acceptors (Lipinski definition) is 8. The molecule has 2 aliphatic rings. The Kier molecular flexibility index (Phi) is 18.3. The normalized spacial score (nSPS) is 14.5. The van der Waals surface area contributed by atoms with Gasteiger partial charge in [0.25, 0.3) is 5.91 Å². The molecule has 12 nitrogen and oxygen atoms in total. The van der Waals surface area contributed by atoms with E-state index in [1.54, 1.807) is 29.3 Å². The summed E-state index contributed by atoms with van der Waals surface area (Å²) in [6.45, 7) is 13.5. The Morgan fingerprint density at radius 3 is 2.24 bits per heavy atom. The van der Waals surface area contributed by atoms with Gasteiger partial charge in [-0.15, -0.1) is 0 Å². The maximum atomic E-state index is 15.3. The van der Waals surface area contributed by atoms with Gasteiger partial charge in [0.1, 0.15) is 5.75 Å². The topological polar surface area (TPSA) is 148 Å². The van der Waals surface area contributed by atoms with E-state index < -0.39 is 20.2 Å². The highest BCUT2D eigenvalue weighted by Gasteiger charge is 2.39. The van der Waals surface area contributed by atoms with Gasteiger partial charge in [-0.05, 0) is 90.7 Å². The van der Waals surface area contributed by atoms with Gasteiger partial charge in [-0.3, -0.25) is 14.5 Å². The monoisotopic (exact) mass is 882 g/mol. The van der Waals surface area contributed by atoms with Crippen LogP contribution in [0.25, 0.3) is 11.8 Å². The number of carbonyl (C=O) groups is 3. The molecule has 0 saturated heterocycles. The predicted octanol–water partition coefficient (Wildman–Crippen LogP) is 9.54. The van der Waals surface area contributed by atoms with E-state index in [9.17, 15) is 14.4 Å². The molecule has 0 aromatic heterocycles. The molecule has 63 heavy (non-hydrogen) atoms. The number of allylic oxidation sites excluding steroid dienone is 1. The fraction of sp³-hybridized carbons (Fsp3) is 0.429. The number of aliphatic imine (C=N–C) groups is 1. The smallest absolute Gasteiger partial charge is 0.404 e. The molecule has 0 bridgehead atoms. The largest absolute Gasteiger partial charge is 0.544 e. The maximum absolute atomic E-state index is 15.3. The zero-order valence-corrected chi connectivity index (χ0v) is 38.3. The molecule has 0 spiro atoms. The Morgan fingerprint density at radius 1 is 0.841 bits per heavy atom. The summed E-state index contributed by atoms with van der Waals surface area (Å²) >= 11 is 0. The highest BCUT2D eigenvalue weighted by molar-refractivity contribution is 6.74. The second kappa shape index (κ2) is 23.8. The van der Waals surface area contributed by atoms with E-state index >= 15 is 4.39 Å². The van der Waals surface area contributed by atoms with Crippen LogP contribution in [0.3, 0.4) is 0 Å². The summed E-state index contributed by atoms with van der Waals surface area (Å²) in [6.07, 6.45) is 10.7. The fourth-order valence-corrected chi connectivity index (χ4v) is 7.62. The van der Waals surface area contributed by atoms with E-state index in [4.69, 9.17) is 28.7 Å². The first-order chi connectivity index (χ1) is 30.2. The number of hydrogen-bond donors (Lipinski definition) is 3. The van der Waals surface area contributed by atoms with Crippen molar-refractivity contribution in [3.63, 3.8) is 0 Å². The maximum Gasteiger partial charge on any atom is 0.404 e. The lowest BCUT2D eigenvalue weighted by molar-refractivity contribution is -0.122. The van der Waals surface area contributed by atoms with E-state index in [0.29, 0.717) is 61.9 Å². The molecule has 0 saturated carbocycles. The van der Waals surface area contributed by atoms with Gasteiger partial charge in [0.05, 0.1) is 50.1 Å². The van der Waals surface area contributed by atoms with Crippen molar-refractivity contribution >= 4 is 43.7 Å².